The molecule has 0 aromatic heterocycles. The number of amides is 1. The van der Waals surface area contributed by atoms with Crippen molar-refractivity contribution in [1.82, 2.24) is 15.1 Å². The molecule has 0 saturated carbocycles. The lowest BCUT2D eigenvalue weighted by molar-refractivity contribution is -0.140. The van der Waals surface area contributed by atoms with E-state index in [-0.39, 0.29) is 59.8 Å². The summed E-state index contributed by atoms with van der Waals surface area (Å²) in [5, 5.41) is 23.3. The van der Waals surface area contributed by atoms with Crippen LogP contribution in [0.15, 0.2) is 72.0 Å². The number of fused-ring (bicyclic) bond motifs is 6. The van der Waals surface area contributed by atoms with E-state index in [1.54, 1.807) is 24.8 Å². The number of benzene rings is 3. The van der Waals surface area contributed by atoms with Crippen LogP contribution in [0.5, 0.6) is 11.5 Å². The van der Waals surface area contributed by atoms with Gasteiger partial charge in [0.05, 0.1) is 23.6 Å². The molecule has 0 radical (unpaired) electrons. The first-order valence-electron chi connectivity index (χ1n) is 16.4. The third-order valence-electron chi connectivity index (χ3n) is 9.34. The summed E-state index contributed by atoms with van der Waals surface area (Å²) in [6, 6.07) is 6.68. The third kappa shape index (κ3) is 7.88. The number of alkyl halides is 7. The van der Waals surface area contributed by atoms with Crippen molar-refractivity contribution >= 4 is 11.9 Å². The zero-order chi connectivity index (χ0) is 38.6. The smallest absolute Gasteiger partial charge is 0.419 e. The van der Waals surface area contributed by atoms with Crippen molar-refractivity contribution in [3.8, 4) is 22.6 Å². The normalized spacial score (nSPS) is 21.2. The van der Waals surface area contributed by atoms with E-state index in [0.29, 0.717) is 23.3 Å². The van der Waals surface area contributed by atoms with E-state index in [0.717, 1.165) is 17.2 Å². The molecule has 3 heterocycles. The first-order valence-corrected chi connectivity index (χ1v) is 16.4. The maximum absolute atomic E-state index is 16.0. The summed E-state index contributed by atoms with van der Waals surface area (Å²) in [5.74, 6) is -4.56. The molecule has 3 N–H and O–H groups in total. The van der Waals surface area contributed by atoms with Gasteiger partial charge < -0.3 is 25.2 Å². The van der Waals surface area contributed by atoms with Gasteiger partial charge in [0.25, 0.3) is 0 Å². The Morgan fingerprint density at radius 1 is 1.02 bits per heavy atom. The first kappa shape index (κ1) is 37.8. The summed E-state index contributed by atoms with van der Waals surface area (Å²) >= 11 is 0. The molecule has 1 unspecified atom stereocenters. The number of aliphatic hydroxyl groups excluding tert-OH is 1. The monoisotopic (exact) mass is 751 g/mol. The number of rotatable bonds is 6. The van der Waals surface area contributed by atoms with Crippen LogP contribution in [0.25, 0.3) is 11.1 Å². The van der Waals surface area contributed by atoms with Crippen molar-refractivity contribution in [3.63, 3.8) is 0 Å². The van der Waals surface area contributed by atoms with Crippen molar-refractivity contribution in [3.05, 3.63) is 106 Å². The Hall–Kier alpha value is -4.96. The molecule has 53 heavy (non-hydrogen) atoms. The predicted molar refractivity (Wildman–Crippen MR) is 175 cm³/mol. The molecule has 3 aliphatic rings. The Labute approximate surface area is 298 Å². The van der Waals surface area contributed by atoms with Crippen LogP contribution in [-0.2, 0) is 15.8 Å². The van der Waals surface area contributed by atoms with Gasteiger partial charge in [-0.1, -0.05) is 18.2 Å². The second-order valence-electron chi connectivity index (χ2n) is 13.3. The highest BCUT2D eigenvalue weighted by Gasteiger charge is 2.43. The van der Waals surface area contributed by atoms with Crippen LogP contribution in [-0.4, -0.2) is 70.1 Å². The van der Waals surface area contributed by atoms with Gasteiger partial charge in [-0.25, -0.2) is 8.78 Å². The second-order valence-corrected chi connectivity index (χ2v) is 13.3. The van der Waals surface area contributed by atoms with Crippen LogP contribution >= 0.6 is 0 Å². The van der Waals surface area contributed by atoms with Crippen LogP contribution in [0.2, 0.25) is 0 Å². The van der Waals surface area contributed by atoms with Gasteiger partial charge in [0.15, 0.2) is 0 Å². The summed E-state index contributed by atoms with van der Waals surface area (Å²) in [7, 11) is 0. The molecule has 6 rings (SSSR count). The third-order valence-corrected chi connectivity index (χ3v) is 9.34. The summed E-state index contributed by atoms with van der Waals surface area (Å²) in [4.78, 5) is 28.9. The molecule has 1 fully saturated rings. The van der Waals surface area contributed by atoms with Crippen LogP contribution in [0.3, 0.4) is 0 Å². The summed E-state index contributed by atoms with van der Waals surface area (Å²) < 4.78 is 121. The zero-order valence-corrected chi connectivity index (χ0v) is 28.2. The summed E-state index contributed by atoms with van der Waals surface area (Å²) in [5.41, 5.74) is -3.10. The number of aliphatic carboxylic acids is 1. The molecule has 1 saturated heterocycles. The van der Waals surface area contributed by atoms with E-state index in [2.05, 4.69) is 5.32 Å². The minimum Gasteiger partial charge on any atom is -0.481 e. The minimum absolute atomic E-state index is 0.0138. The number of nitrogens with zero attached hydrogens (tertiary/aromatic N) is 2. The van der Waals surface area contributed by atoms with Gasteiger partial charge in [-0.05, 0) is 84.5 Å². The largest absolute Gasteiger partial charge is 0.481 e. The minimum atomic E-state index is -5.27. The van der Waals surface area contributed by atoms with Crippen molar-refractivity contribution in [1.29, 1.82) is 0 Å². The quantitative estimate of drug-likeness (QED) is 0.223. The molecule has 3 aliphatic heterocycles. The molecule has 0 aliphatic carbocycles. The Kier molecular flexibility index (Phi) is 10.1. The molecule has 282 valence electrons. The molecule has 4 bridgehead atoms. The van der Waals surface area contributed by atoms with E-state index >= 15 is 4.39 Å². The number of carbonyl (C=O) groups is 2. The van der Waals surface area contributed by atoms with Crippen LogP contribution in [0, 0.1) is 19.7 Å². The van der Waals surface area contributed by atoms with E-state index in [9.17, 15) is 50.5 Å². The van der Waals surface area contributed by atoms with Crippen molar-refractivity contribution in [2.45, 2.75) is 63.5 Å². The lowest BCUT2D eigenvalue weighted by Gasteiger charge is -2.39. The van der Waals surface area contributed by atoms with E-state index < -0.39 is 77.7 Å². The molecule has 8 nitrogen and oxygen atoms in total. The Bertz CT molecular complexity index is 2000. The van der Waals surface area contributed by atoms with Crippen molar-refractivity contribution in [2.75, 3.05) is 19.6 Å². The number of carbonyl (C=O) groups excluding carboxylic acids is 1. The number of aryl methyl sites for hydroxylation is 2. The van der Waals surface area contributed by atoms with Crippen LogP contribution < -0.4 is 10.1 Å². The van der Waals surface area contributed by atoms with Crippen LogP contribution in [0.1, 0.15) is 52.7 Å². The number of hydrogen-bond acceptors (Lipinski definition) is 6. The van der Waals surface area contributed by atoms with Crippen molar-refractivity contribution in [2.24, 2.45) is 0 Å². The lowest BCUT2D eigenvalue weighted by Crippen LogP contribution is -2.49. The number of ether oxygens (including phenoxy) is 1. The van der Waals surface area contributed by atoms with Gasteiger partial charge in [-0.15, -0.1) is 0 Å². The predicted octanol–water partition coefficient (Wildman–Crippen LogP) is 7.66. The second kappa shape index (κ2) is 14.1. The maximum atomic E-state index is 16.0. The number of allylic oxidation sites excluding steroid dienone is 1. The molecule has 3 atom stereocenters. The number of hydrogen-bond donors (Lipinski definition) is 3. The fraction of sp³-hybridized carbons (Fsp3) is 0.351. The SMILES string of the molecule is Cc1cc(C)c2c(c1)Oc1cccc(c1)[C@H](N1C=C(CCN3CC(F)C3)C(C(F)(F)F)=CC1O)C(=O)N[C@@H](CC(=O)O)c1cc-2cc(C(F)(F)F)c1F. The number of aliphatic hydroxyl groups is 1. The van der Waals surface area contributed by atoms with Gasteiger partial charge in [0, 0.05) is 37.0 Å². The molecule has 3 aromatic carbocycles. The number of halogens is 8. The highest BCUT2D eigenvalue weighted by atomic mass is 19.4. The van der Waals surface area contributed by atoms with Gasteiger partial charge in [-0.3, -0.25) is 14.5 Å². The zero-order valence-electron chi connectivity index (χ0n) is 28.2. The average Bonchev–Trinajstić information content (AvgIpc) is 3.02. The summed E-state index contributed by atoms with van der Waals surface area (Å²) in [6.07, 6.45) is -13.4. The fourth-order valence-corrected chi connectivity index (χ4v) is 6.97. The van der Waals surface area contributed by atoms with Gasteiger partial charge in [-0.2, -0.15) is 26.3 Å². The Morgan fingerprint density at radius 3 is 2.38 bits per heavy atom. The van der Waals surface area contributed by atoms with Crippen molar-refractivity contribution < 1.29 is 59.7 Å². The van der Waals surface area contributed by atoms with Gasteiger partial charge in [0.2, 0.25) is 5.91 Å². The first-order chi connectivity index (χ1) is 24.8. The Balaban J connectivity index is 1.55. The van der Waals surface area contributed by atoms with E-state index in [1.807, 2.05) is 0 Å². The van der Waals surface area contributed by atoms with Crippen LogP contribution in [0.4, 0.5) is 35.1 Å². The molecule has 3 aromatic rings. The molecular weight excluding hydrogens is 718 g/mol. The Morgan fingerprint density at radius 2 is 1.74 bits per heavy atom. The highest BCUT2D eigenvalue weighted by molar-refractivity contribution is 5.85. The number of likely N-dealkylation sites (tertiary alicyclic amines) is 1. The summed E-state index contributed by atoms with van der Waals surface area (Å²) in [6.45, 7) is 3.34. The molecule has 1 amide bonds. The average molecular weight is 752 g/mol. The molecular formula is C37H33F8N3O5. The lowest BCUT2D eigenvalue weighted by atomic mass is 9.90. The molecule has 0 spiro atoms. The van der Waals surface area contributed by atoms with Gasteiger partial charge >= 0.3 is 18.3 Å². The van der Waals surface area contributed by atoms with E-state index in [4.69, 9.17) is 4.74 Å². The number of carboxylic acids is 1. The van der Waals surface area contributed by atoms with E-state index in [1.165, 1.54) is 30.3 Å². The topological polar surface area (TPSA) is 102 Å². The highest BCUT2D eigenvalue weighted by Crippen LogP contribution is 2.45. The molecule has 16 heteroatoms. The number of nitrogens with one attached hydrogen (secondary N) is 1. The number of carboxylic acid groups (broad SMARTS) is 1. The standard InChI is InChI=1S/C37H33F8N3O5/c1-18-8-19(2)32-22-11-25(33(39)27(12-22)37(43,44)45)28(14-31(50)51)46-35(52)34(20-4-3-5-24(10-20)53-29(32)9-18)48-15-21(6-7-47-16-23(38)17-47)26(13-30(48)49)36(40,41)42/h3-5,8-13,15,23,28,30,34,49H,6-7,14,16-17H2,1-2H3,(H,46,52)(H,50,51)/t28-,30?,34-/m0/s1. The fourth-order valence-electron chi connectivity index (χ4n) is 6.97. The maximum Gasteiger partial charge on any atom is 0.419 e. The van der Waals surface area contributed by atoms with Gasteiger partial charge in [0.1, 0.15) is 35.8 Å².